The van der Waals surface area contributed by atoms with Gasteiger partial charge in [0.25, 0.3) is 0 Å². The summed E-state index contributed by atoms with van der Waals surface area (Å²) in [7, 11) is 1.56. The number of methoxy groups -OCH3 is 1. The van der Waals surface area contributed by atoms with Crippen molar-refractivity contribution in [3.8, 4) is 5.75 Å². The zero-order valence-electron chi connectivity index (χ0n) is 17.1. The van der Waals surface area contributed by atoms with Crippen LogP contribution in [0.5, 0.6) is 5.75 Å². The number of carbonyl (C=O) groups excluding carboxylic acids is 3. The van der Waals surface area contributed by atoms with Crippen LogP contribution in [-0.4, -0.2) is 36.1 Å². The molecule has 0 heterocycles. The van der Waals surface area contributed by atoms with E-state index in [1.165, 1.54) is 0 Å². The molecule has 2 unspecified atom stereocenters. The summed E-state index contributed by atoms with van der Waals surface area (Å²) >= 11 is 0. The molecule has 5 N–H and O–H groups in total. The molecular weight excluding hydrogens is 362 g/mol. The molecule has 0 spiro atoms. The van der Waals surface area contributed by atoms with Crippen molar-refractivity contribution >= 4 is 17.7 Å². The lowest BCUT2D eigenvalue weighted by atomic mass is 9.80. The summed E-state index contributed by atoms with van der Waals surface area (Å²) in [5.74, 6) is -2.23. The third-order valence-electron chi connectivity index (χ3n) is 4.77. The van der Waals surface area contributed by atoms with E-state index in [9.17, 15) is 14.4 Å². The number of rotatable bonds is 9. The number of hydroxylamine groups is 1. The van der Waals surface area contributed by atoms with Crippen molar-refractivity contribution < 1.29 is 24.3 Å². The van der Waals surface area contributed by atoms with E-state index in [0.717, 1.165) is 5.56 Å². The molecule has 0 radical (unpaired) electrons. The Hall–Kier alpha value is -2.61. The maximum Gasteiger partial charge on any atom is 0.244 e. The van der Waals surface area contributed by atoms with Crippen molar-refractivity contribution in [2.75, 3.05) is 7.11 Å². The van der Waals surface area contributed by atoms with Crippen molar-refractivity contribution in [3.05, 3.63) is 29.8 Å². The van der Waals surface area contributed by atoms with Gasteiger partial charge in [-0.05, 0) is 35.4 Å². The van der Waals surface area contributed by atoms with Gasteiger partial charge in [0, 0.05) is 6.42 Å². The minimum Gasteiger partial charge on any atom is -0.497 e. The second-order valence-corrected chi connectivity index (χ2v) is 7.84. The summed E-state index contributed by atoms with van der Waals surface area (Å²) in [6.07, 6.45) is 0.336. The van der Waals surface area contributed by atoms with Crippen molar-refractivity contribution in [2.45, 2.75) is 52.5 Å². The fraction of sp³-hybridized carbons (Fsp3) is 0.550. The standard InChI is InChI=1S/C20H31N3O5/c1-6-14(12-7-9-13(28-5)10-8-12)15(11-16(24)23-27)19(26)22-17(18(21)25)20(2,3)4/h7-10,14-15,17,27H,6,11H2,1-5H3,(H2,21,25)(H,22,26)(H,23,24)/t14-,15?,17?/m0/s1. The summed E-state index contributed by atoms with van der Waals surface area (Å²) < 4.78 is 5.16. The highest BCUT2D eigenvalue weighted by Crippen LogP contribution is 2.32. The van der Waals surface area contributed by atoms with E-state index in [2.05, 4.69) is 5.32 Å². The highest BCUT2D eigenvalue weighted by Gasteiger charge is 2.36. The number of amides is 3. The second-order valence-electron chi connectivity index (χ2n) is 7.84. The summed E-state index contributed by atoms with van der Waals surface area (Å²) in [5.41, 5.74) is 7.30. The Balaban J connectivity index is 3.22. The number of hydrogen-bond donors (Lipinski definition) is 4. The molecule has 0 saturated carbocycles. The minimum absolute atomic E-state index is 0.234. The van der Waals surface area contributed by atoms with Crippen LogP contribution in [-0.2, 0) is 14.4 Å². The number of hydrogen-bond acceptors (Lipinski definition) is 5. The Morgan fingerprint density at radius 3 is 2.14 bits per heavy atom. The van der Waals surface area contributed by atoms with Gasteiger partial charge in [-0.15, -0.1) is 0 Å². The fourth-order valence-corrected chi connectivity index (χ4v) is 3.23. The van der Waals surface area contributed by atoms with E-state index in [-0.39, 0.29) is 12.3 Å². The molecule has 3 atom stereocenters. The van der Waals surface area contributed by atoms with Gasteiger partial charge in [0.2, 0.25) is 17.7 Å². The normalized spacial score (nSPS) is 14.5. The monoisotopic (exact) mass is 393 g/mol. The molecule has 0 aliphatic carbocycles. The Morgan fingerprint density at radius 2 is 1.75 bits per heavy atom. The molecule has 156 valence electrons. The summed E-state index contributed by atoms with van der Waals surface area (Å²) in [6, 6.07) is 6.33. The van der Waals surface area contributed by atoms with Crippen LogP contribution < -0.4 is 21.3 Å². The van der Waals surface area contributed by atoms with Gasteiger partial charge in [-0.3, -0.25) is 19.6 Å². The van der Waals surface area contributed by atoms with Gasteiger partial charge < -0.3 is 15.8 Å². The van der Waals surface area contributed by atoms with Crippen LogP contribution in [0.3, 0.4) is 0 Å². The van der Waals surface area contributed by atoms with E-state index in [1.807, 2.05) is 19.1 Å². The predicted octanol–water partition coefficient (Wildman–Crippen LogP) is 1.72. The molecule has 8 heteroatoms. The smallest absolute Gasteiger partial charge is 0.244 e. The van der Waals surface area contributed by atoms with Gasteiger partial charge in [-0.25, -0.2) is 5.48 Å². The molecule has 0 fully saturated rings. The lowest BCUT2D eigenvalue weighted by molar-refractivity contribution is -0.137. The minimum atomic E-state index is -0.895. The van der Waals surface area contributed by atoms with Crippen LogP contribution >= 0.6 is 0 Å². The van der Waals surface area contributed by atoms with Crippen molar-refractivity contribution in [3.63, 3.8) is 0 Å². The first-order valence-corrected chi connectivity index (χ1v) is 9.21. The average Bonchev–Trinajstić information content (AvgIpc) is 2.64. The van der Waals surface area contributed by atoms with Gasteiger partial charge >= 0.3 is 0 Å². The van der Waals surface area contributed by atoms with Crippen LogP contribution in [0.15, 0.2) is 24.3 Å². The number of nitrogens with one attached hydrogen (secondary N) is 2. The molecular formula is C20H31N3O5. The molecule has 1 rings (SSSR count). The van der Waals surface area contributed by atoms with E-state index < -0.39 is 35.1 Å². The number of carbonyl (C=O) groups is 3. The van der Waals surface area contributed by atoms with Crippen LogP contribution in [0.4, 0.5) is 0 Å². The van der Waals surface area contributed by atoms with Gasteiger partial charge in [-0.1, -0.05) is 39.8 Å². The maximum atomic E-state index is 13.0. The second kappa shape index (κ2) is 10.1. The molecule has 0 saturated heterocycles. The lowest BCUT2D eigenvalue weighted by Crippen LogP contribution is -2.54. The van der Waals surface area contributed by atoms with Gasteiger partial charge in [0.1, 0.15) is 11.8 Å². The molecule has 1 aromatic carbocycles. The predicted molar refractivity (Wildman–Crippen MR) is 105 cm³/mol. The third-order valence-corrected chi connectivity index (χ3v) is 4.77. The Labute approximate surface area is 165 Å². The highest BCUT2D eigenvalue weighted by molar-refractivity contribution is 5.90. The van der Waals surface area contributed by atoms with Crippen molar-refractivity contribution in [1.82, 2.24) is 10.8 Å². The fourth-order valence-electron chi connectivity index (χ4n) is 3.23. The SMILES string of the molecule is CC[C@@H](c1ccc(OC)cc1)C(CC(=O)NO)C(=O)NC(C(N)=O)C(C)(C)C. The number of nitrogens with two attached hydrogens (primary N) is 1. The largest absolute Gasteiger partial charge is 0.497 e. The molecule has 0 aliphatic rings. The van der Waals surface area contributed by atoms with E-state index in [1.54, 1.807) is 45.5 Å². The average molecular weight is 393 g/mol. The van der Waals surface area contributed by atoms with E-state index in [4.69, 9.17) is 15.7 Å². The van der Waals surface area contributed by atoms with Gasteiger partial charge in [0.15, 0.2) is 0 Å². The van der Waals surface area contributed by atoms with Gasteiger partial charge in [0.05, 0.1) is 13.0 Å². The van der Waals surface area contributed by atoms with Gasteiger partial charge in [-0.2, -0.15) is 0 Å². The first-order chi connectivity index (χ1) is 13.0. The molecule has 8 nitrogen and oxygen atoms in total. The van der Waals surface area contributed by atoms with E-state index >= 15 is 0 Å². The first kappa shape index (κ1) is 23.4. The first-order valence-electron chi connectivity index (χ1n) is 9.21. The van der Waals surface area contributed by atoms with Crippen LogP contribution in [0, 0.1) is 11.3 Å². The summed E-state index contributed by atoms with van der Waals surface area (Å²) in [6.45, 7) is 7.28. The molecule has 3 amide bonds. The highest BCUT2D eigenvalue weighted by atomic mass is 16.5. The Bertz CT molecular complexity index is 682. The molecule has 0 bridgehead atoms. The lowest BCUT2D eigenvalue weighted by Gasteiger charge is -2.32. The van der Waals surface area contributed by atoms with Crippen LogP contribution in [0.1, 0.15) is 52.0 Å². The van der Waals surface area contributed by atoms with Crippen molar-refractivity contribution in [2.24, 2.45) is 17.1 Å². The van der Waals surface area contributed by atoms with Crippen LogP contribution in [0.2, 0.25) is 0 Å². The Morgan fingerprint density at radius 1 is 1.18 bits per heavy atom. The molecule has 1 aromatic rings. The topological polar surface area (TPSA) is 131 Å². The third kappa shape index (κ3) is 6.23. The summed E-state index contributed by atoms with van der Waals surface area (Å²) in [5, 5.41) is 11.6. The molecule has 28 heavy (non-hydrogen) atoms. The summed E-state index contributed by atoms with van der Waals surface area (Å²) in [4.78, 5) is 36.7. The molecule has 0 aliphatic heterocycles. The molecule has 0 aromatic heterocycles. The Kier molecular flexibility index (Phi) is 8.43. The van der Waals surface area contributed by atoms with Crippen LogP contribution in [0.25, 0.3) is 0 Å². The zero-order valence-corrected chi connectivity index (χ0v) is 17.1. The van der Waals surface area contributed by atoms with Crippen molar-refractivity contribution in [1.29, 1.82) is 0 Å². The number of benzene rings is 1. The van der Waals surface area contributed by atoms with E-state index in [0.29, 0.717) is 12.2 Å². The number of ether oxygens (including phenoxy) is 1. The number of primary amides is 1. The zero-order chi connectivity index (χ0) is 21.5. The quantitative estimate of drug-likeness (QED) is 0.375. The maximum absolute atomic E-state index is 13.0.